The van der Waals surface area contributed by atoms with E-state index in [4.69, 9.17) is 28.4 Å². The molecule has 1 unspecified atom stereocenters. The molecule has 2 N–H and O–H groups in total. The van der Waals surface area contributed by atoms with Gasteiger partial charge in [-0.2, -0.15) is 0 Å². The lowest BCUT2D eigenvalue weighted by molar-refractivity contribution is -0.142. The van der Waals surface area contributed by atoms with Crippen molar-refractivity contribution in [3.05, 3.63) is 29.3 Å². The van der Waals surface area contributed by atoms with Crippen LogP contribution >= 0.6 is 0 Å². The fourth-order valence-electron chi connectivity index (χ4n) is 4.15. The molecule has 2 heterocycles. The number of hydrogen-bond acceptors (Lipinski definition) is 12. The minimum absolute atomic E-state index is 0.0667. The van der Waals surface area contributed by atoms with Crippen LogP contribution in [-0.2, 0) is 42.8 Å². The van der Waals surface area contributed by atoms with E-state index in [1.54, 1.807) is 18.2 Å². The van der Waals surface area contributed by atoms with E-state index in [1.807, 2.05) is 0 Å². The molecule has 1 saturated heterocycles. The van der Waals surface area contributed by atoms with Crippen LogP contribution in [0.1, 0.15) is 40.5 Å². The van der Waals surface area contributed by atoms with Crippen molar-refractivity contribution in [2.24, 2.45) is 0 Å². The Morgan fingerprint density at radius 2 is 1.39 bits per heavy atom. The van der Waals surface area contributed by atoms with Gasteiger partial charge in [0, 0.05) is 25.6 Å². The number of benzene rings is 1. The van der Waals surface area contributed by atoms with Crippen molar-refractivity contribution in [1.82, 2.24) is 10.2 Å². The van der Waals surface area contributed by atoms with Gasteiger partial charge in [-0.15, -0.1) is 0 Å². The van der Waals surface area contributed by atoms with Crippen LogP contribution in [0.5, 0.6) is 0 Å². The van der Waals surface area contributed by atoms with Crippen molar-refractivity contribution in [1.29, 1.82) is 0 Å². The number of fused-ring (bicyclic) bond motifs is 1. The highest BCUT2D eigenvalue weighted by molar-refractivity contribution is 6.25. The summed E-state index contributed by atoms with van der Waals surface area (Å²) in [5.74, 6) is -2.50. The van der Waals surface area contributed by atoms with Crippen LogP contribution in [0, 0.1) is 0 Å². The zero-order valence-corrected chi connectivity index (χ0v) is 23.1. The third-order valence-corrected chi connectivity index (χ3v) is 6.05. The van der Waals surface area contributed by atoms with Gasteiger partial charge in [0.25, 0.3) is 11.8 Å². The highest BCUT2D eigenvalue weighted by atomic mass is 16.6. The van der Waals surface area contributed by atoms with E-state index in [1.165, 1.54) is 6.92 Å². The molecule has 0 bridgehead atoms. The van der Waals surface area contributed by atoms with Gasteiger partial charge >= 0.3 is 5.97 Å². The lowest BCUT2D eigenvalue weighted by Crippen LogP contribution is -2.54. The summed E-state index contributed by atoms with van der Waals surface area (Å²) in [5, 5.41) is 5.30. The van der Waals surface area contributed by atoms with E-state index in [0.717, 1.165) is 4.90 Å². The Morgan fingerprint density at radius 3 is 1.95 bits per heavy atom. The van der Waals surface area contributed by atoms with Gasteiger partial charge in [-0.05, 0) is 18.6 Å². The van der Waals surface area contributed by atoms with Crippen LogP contribution in [0.4, 0.5) is 5.69 Å². The fourth-order valence-corrected chi connectivity index (χ4v) is 4.15. The minimum atomic E-state index is -1.01. The number of rotatable bonds is 20. The number of amides is 4. The van der Waals surface area contributed by atoms with Gasteiger partial charge in [-0.25, -0.2) is 0 Å². The molecule has 0 aromatic heterocycles. The number of ether oxygens (including phenoxy) is 6. The summed E-state index contributed by atoms with van der Waals surface area (Å²) in [7, 11) is 0. The molecule has 4 amide bonds. The maximum atomic E-state index is 13.1. The molecule has 14 nitrogen and oxygen atoms in total. The molecule has 1 aromatic carbocycles. The van der Waals surface area contributed by atoms with E-state index in [9.17, 15) is 24.0 Å². The van der Waals surface area contributed by atoms with Gasteiger partial charge in [0.1, 0.15) is 12.6 Å². The van der Waals surface area contributed by atoms with Crippen LogP contribution in [0.25, 0.3) is 0 Å². The standard InChI is InChI=1S/C27H37N3O11/c1-19(31)41-18-17-40-16-15-39-14-13-38-12-11-37-10-9-36-8-7-28-21-4-2-3-20-24(21)27(35)30(26(20)34)22-5-6-23(32)29-25(22)33/h2-4,22,28H,5-18H2,1H3,(H,29,32,33). The maximum absolute atomic E-state index is 13.1. The normalized spacial score (nSPS) is 16.6. The summed E-state index contributed by atoms with van der Waals surface area (Å²) < 4.78 is 31.8. The van der Waals surface area contributed by atoms with Crippen molar-refractivity contribution < 1.29 is 52.4 Å². The molecular weight excluding hydrogens is 542 g/mol. The lowest BCUT2D eigenvalue weighted by atomic mass is 10.0. The van der Waals surface area contributed by atoms with Gasteiger partial charge in [-0.1, -0.05) is 6.07 Å². The van der Waals surface area contributed by atoms with Crippen molar-refractivity contribution in [2.45, 2.75) is 25.8 Å². The van der Waals surface area contributed by atoms with E-state index in [0.29, 0.717) is 78.3 Å². The number of carbonyl (C=O) groups excluding carboxylic acids is 5. The Labute approximate surface area is 237 Å². The summed E-state index contributed by atoms with van der Waals surface area (Å²) in [4.78, 5) is 61.2. The molecule has 226 valence electrons. The van der Waals surface area contributed by atoms with Gasteiger partial charge in [-0.3, -0.25) is 34.2 Å². The first-order valence-corrected chi connectivity index (χ1v) is 13.5. The molecule has 0 aliphatic carbocycles. The Kier molecular flexibility index (Phi) is 13.6. The number of piperidine rings is 1. The summed E-state index contributed by atoms with van der Waals surface area (Å²) in [5.41, 5.74) is 0.902. The van der Waals surface area contributed by atoms with Gasteiger partial charge in [0.05, 0.1) is 77.2 Å². The number of carbonyl (C=O) groups is 5. The van der Waals surface area contributed by atoms with Gasteiger partial charge in [0.15, 0.2) is 0 Å². The molecule has 14 heteroatoms. The zero-order chi connectivity index (χ0) is 29.5. The molecule has 1 fully saturated rings. The molecule has 2 aliphatic rings. The molecule has 2 aliphatic heterocycles. The smallest absolute Gasteiger partial charge is 0.302 e. The number of esters is 1. The molecular formula is C27H37N3O11. The highest BCUT2D eigenvalue weighted by Crippen LogP contribution is 2.32. The molecule has 3 rings (SSSR count). The first-order valence-electron chi connectivity index (χ1n) is 13.5. The molecule has 41 heavy (non-hydrogen) atoms. The van der Waals surface area contributed by atoms with E-state index in [-0.39, 0.29) is 36.5 Å². The third-order valence-electron chi connectivity index (χ3n) is 6.05. The number of hydrogen-bond donors (Lipinski definition) is 2. The van der Waals surface area contributed by atoms with Gasteiger partial charge in [0.2, 0.25) is 11.8 Å². The summed E-state index contributed by atoms with van der Waals surface area (Å²) in [6, 6.07) is 3.89. The number of nitrogens with one attached hydrogen (secondary N) is 2. The molecule has 0 radical (unpaired) electrons. The van der Waals surface area contributed by atoms with Crippen LogP contribution in [0.3, 0.4) is 0 Å². The van der Waals surface area contributed by atoms with Crippen LogP contribution in [0.2, 0.25) is 0 Å². The van der Waals surface area contributed by atoms with Crippen molar-refractivity contribution >= 4 is 35.3 Å². The highest BCUT2D eigenvalue weighted by Gasteiger charge is 2.45. The molecule has 0 saturated carbocycles. The first-order chi connectivity index (χ1) is 19.9. The van der Waals surface area contributed by atoms with Crippen molar-refractivity contribution in [2.75, 3.05) is 84.5 Å². The molecule has 0 spiro atoms. The SMILES string of the molecule is CC(=O)OCCOCCOCCOCCOCCOCCNc1cccc2c1C(=O)N(C1CCC(=O)NC1=O)C2=O. The van der Waals surface area contributed by atoms with Crippen LogP contribution in [-0.4, -0.2) is 120 Å². The maximum Gasteiger partial charge on any atom is 0.302 e. The van der Waals surface area contributed by atoms with E-state index >= 15 is 0 Å². The van der Waals surface area contributed by atoms with E-state index < -0.39 is 29.7 Å². The topological polar surface area (TPSA) is 168 Å². The quantitative estimate of drug-likeness (QED) is 0.122. The monoisotopic (exact) mass is 579 g/mol. The second-order valence-electron chi connectivity index (χ2n) is 9.00. The molecule has 1 aromatic rings. The minimum Gasteiger partial charge on any atom is -0.463 e. The fraction of sp³-hybridized carbons (Fsp3) is 0.593. The Bertz CT molecular complexity index is 1060. The number of imide groups is 2. The predicted octanol–water partition coefficient (Wildman–Crippen LogP) is 0.146. The Morgan fingerprint density at radius 1 is 0.829 bits per heavy atom. The third kappa shape index (κ3) is 10.2. The largest absolute Gasteiger partial charge is 0.463 e. The summed E-state index contributed by atoms with van der Waals surface area (Å²) >= 11 is 0. The summed E-state index contributed by atoms with van der Waals surface area (Å²) in [6.45, 7) is 5.94. The van der Waals surface area contributed by atoms with Crippen LogP contribution < -0.4 is 10.6 Å². The average molecular weight is 580 g/mol. The average Bonchev–Trinajstić information content (AvgIpc) is 3.20. The second-order valence-corrected chi connectivity index (χ2v) is 9.00. The number of anilines is 1. The zero-order valence-electron chi connectivity index (χ0n) is 23.1. The first kappa shape index (κ1) is 32.1. The van der Waals surface area contributed by atoms with Crippen molar-refractivity contribution in [3.8, 4) is 0 Å². The summed E-state index contributed by atoms with van der Waals surface area (Å²) in [6.07, 6.45) is 0.171. The second kappa shape index (κ2) is 17.4. The van der Waals surface area contributed by atoms with Crippen LogP contribution in [0.15, 0.2) is 18.2 Å². The number of nitrogens with zero attached hydrogens (tertiary/aromatic N) is 1. The molecule has 1 atom stereocenters. The van der Waals surface area contributed by atoms with E-state index in [2.05, 4.69) is 10.6 Å². The van der Waals surface area contributed by atoms with Gasteiger partial charge < -0.3 is 33.7 Å². The lowest BCUT2D eigenvalue weighted by Gasteiger charge is -2.27. The van der Waals surface area contributed by atoms with Crippen molar-refractivity contribution in [3.63, 3.8) is 0 Å². The predicted molar refractivity (Wildman–Crippen MR) is 142 cm³/mol. The Hall–Kier alpha value is -3.43. The Balaban J connectivity index is 1.20.